The standard InChI is InChI=1S/C10H20O3/c1-4-10(8-12-5-2)6-7-13-9(3)11/h10H,4-8H2,1-3H3. The fourth-order valence-corrected chi connectivity index (χ4v) is 1.06. The second kappa shape index (κ2) is 8.05. The summed E-state index contributed by atoms with van der Waals surface area (Å²) < 4.78 is 10.2. The molecule has 0 radical (unpaired) electrons. The topological polar surface area (TPSA) is 35.5 Å². The molecule has 0 saturated heterocycles. The molecule has 1 atom stereocenters. The van der Waals surface area contributed by atoms with E-state index in [2.05, 4.69) is 6.92 Å². The minimum absolute atomic E-state index is 0.203. The summed E-state index contributed by atoms with van der Waals surface area (Å²) in [7, 11) is 0. The number of ether oxygens (including phenoxy) is 2. The Morgan fingerprint density at radius 3 is 2.54 bits per heavy atom. The molecule has 0 spiro atoms. The molecule has 3 heteroatoms. The summed E-state index contributed by atoms with van der Waals surface area (Å²) in [6, 6.07) is 0. The van der Waals surface area contributed by atoms with Crippen molar-refractivity contribution in [2.24, 2.45) is 5.92 Å². The lowest BCUT2D eigenvalue weighted by Crippen LogP contribution is -2.12. The smallest absolute Gasteiger partial charge is 0.302 e. The first-order chi connectivity index (χ1) is 6.20. The number of rotatable bonds is 7. The van der Waals surface area contributed by atoms with Crippen molar-refractivity contribution in [2.45, 2.75) is 33.6 Å². The number of hydrogen-bond acceptors (Lipinski definition) is 3. The molecular formula is C10H20O3. The van der Waals surface area contributed by atoms with Gasteiger partial charge in [0, 0.05) is 20.1 Å². The summed E-state index contributed by atoms with van der Waals surface area (Å²) in [6.07, 6.45) is 1.97. The van der Waals surface area contributed by atoms with Crippen molar-refractivity contribution >= 4 is 5.97 Å². The second-order valence-electron chi connectivity index (χ2n) is 3.06. The van der Waals surface area contributed by atoms with Gasteiger partial charge in [-0.1, -0.05) is 13.3 Å². The van der Waals surface area contributed by atoms with Crippen molar-refractivity contribution in [1.82, 2.24) is 0 Å². The van der Waals surface area contributed by atoms with Crippen molar-refractivity contribution in [1.29, 1.82) is 0 Å². The molecule has 0 saturated carbocycles. The Morgan fingerprint density at radius 2 is 2.08 bits per heavy atom. The van der Waals surface area contributed by atoms with Crippen LogP contribution < -0.4 is 0 Å². The van der Waals surface area contributed by atoms with Crippen molar-refractivity contribution < 1.29 is 14.3 Å². The molecule has 0 aliphatic rings. The Kier molecular flexibility index (Phi) is 7.69. The number of esters is 1. The zero-order valence-electron chi connectivity index (χ0n) is 8.84. The van der Waals surface area contributed by atoms with Gasteiger partial charge in [0.05, 0.1) is 6.61 Å². The van der Waals surface area contributed by atoms with Crippen LogP contribution in [0.15, 0.2) is 0 Å². The van der Waals surface area contributed by atoms with Crippen LogP contribution in [0.5, 0.6) is 0 Å². The fourth-order valence-electron chi connectivity index (χ4n) is 1.06. The van der Waals surface area contributed by atoms with Gasteiger partial charge in [0.1, 0.15) is 0 Å². The summed E-state index contributed by atoms with van der Waals surface area (Å²) in [5, 5.41) is 0. The molecule has 0 aliphatic heterocycles. The van der Waals surface area contributed by atoms with Gasteiger partial charge in [-0.25, -0.2) is 0 Å². The van der Waals surface area contributed by atoms with Crippen molar-refractivity contribution in [3.05, 3.63) is 0 Å². The fraction of sp³-hybridized carbons (Fsp3) is 0.900. The van der Waals surface area contributed by atoms with E-state index in [-0.39, 0.29) is 5.97 Å². The van der Waals surface area contributed by atoms with Crippen molar-refractivity contribution in [2.75, 3.05) is 19.8 Å². The van der Waals surface area contributed by atoms with E-state index < -0.39 is 0 Å². The molecular weight excluding hydrogens is 168 g/mol. The summed E-state index contributed by atoms with van der Waals surface area (Å²) in [6.45, 7) is 7.58. The normalized spacial score (nSPS) is 12.5. The maximum absolute atomic E-state index is 10.5. The monoisotopic (exact) mass is 188 g/mol. The highest BCUT2D eigenvalue weighted by Gasteiger charge is 2.06. The summed E-state index contributed by atoms with van der Waals surface area (Å²) in [5.41, 5.74) is 0. The zero-order chi connectivity index (χ0) is 10.1. The molecule has 0 aromatic carbocycles. The maximum Gasteiger partial charge on any atom is 0.302 e. The summed E-state index contributed by atoms with van der Waals surface area (Å²) >= 11 is 0. The first-order valence-electron chi connectivity index (χ1n) is 4.91. The lowest BCUT2D eigenvalue weighted by atomic mass is 10.0. The minimum atomic E-state index is -0.203. The van der Waals surface area contributed by atoms with Crippen LogP contribution in [0.4, 0.5) is 0 Å². The molecule has 0 bridgehead atoms. The Morgan fingerprint density at radius 1 is 1.38 bits per heavy atom. The molecule has 0 aliphatic carbocycles. The highest BCUT2D eigenvalue weighted by Crippen LogP contribution is 2.08. The lowest BCUT2D eigenvalue weighted by molar-refractivity contribution is -0.141. The lowest BCUT2D eigenvalue weighted by Gasteiger charge is -2.13. The molecule has 1 unspecified atom stereocenters. The third-order valence-corrected chi connectivity index (χ3v) is 1.97. The number of hydrogen-bond donors (Lipinski definition) is 0. The molecule has 3 nitrogen and oxygen atoms in total. The first kappa shape index (κ1) is 12.4. The molecule has 0 aromatic heterocycles. The van der Waals surface area contributed by atoms with Gasteiger partial charge in [-0.3, -0.25) is 4.79 Å². The molecule has 0 rings (SSSR count). The van der Waals surface area contributed by atoms with Gasteiger partial charge in [-0.2, -0.15) is 0 Å². The molecule has 78 valence electrons. The van der Waals surface area contributed by atoms with E-state index in [1.165, 1.54) is 6.92 Å². The van der Waals surface area contributed by atoms with Gasteiger partial charge < -0.3 is 9.47 Å². The number of carbonyl (C=O) groups is 1. The van der Waals surface area contributed by atoms with Gasteiger partial charge in [-0.15, -0.1) is 0 Å². The summed E-state index contributed by atoms with van der Waals surface area (Å²) in [5.74, 6) is 0.311. The van der Waals surface area contributed by atoms with Crippen LogP contribution in [0.25, 0.3) is 0 Å². The molecule has 0 N–H and O–H groups in total. The first-order valence-corrected chi connectivity index (χ1v) is 4.91. The Hall–Kier alpha value is -0.570. The van der Waals surface area contributed by atoms with E-state index in [0.717, 1.165) is 26.1 Å². The zero-order valence-corrected chi connectivity index (χ0v) is 8.84. The highest BCUT2D eigenvalue weighted by atomic mass is 16.5. The second-order valence-corrected chi connectivity index (χ2v) is 3.06. The highest BCUT2D eigenvalue weighted by molar-refractivity contribution is 5.65. The van der Waals surface area contributed by atoms with Gasteiger partial charge in [0.2, 0.25) is 0 Å². The van der Waals surface area contributed by atoms with Crippen LogP contribution in [-0.4, -0.2) is 25.8 Å². The third-order valence-electron chi connectivity index (χ3n) is 1.97. The summed E-state index contributed by atoms with van der Waals surface area (Å²) in [4.78, 5) is 10.5. The van der Waals surface area contributed by atoms with E-state index in [9.17, 15) is 4.79 Å². The van der Waals surface area contributed by atoms with Crippen LogP contribution in [0, 0.1) is 5.92 Å². The van der Waals surface area contributed by atoms with Gasteiger partial charge in [0.15, 0.2) is 0 Å². The Balaban J connectivity index is 3.41. The van der Waals surface area contributed by atoms with E-state index in [0.29, 0.717) is 12.5 Å². The Bertz CT molecular complexity index is 134. The predicted octanol–water partition coefficient (Wildman–Crippen LogP) is 2.00. The van der Waals surface area contributed by atoms with Crippen molar-refractivity contribution in [3.8, 4) is 0 Å². The average Bonchev–Trinajstić information content (AvgIpc) is 2.10. The van der Waals surface area contributed by atoms with E-state index in [1.54, 1.807) is 0 Å². The molecule has 0 fully saturated rings. The SMILES string of the molecule is CCOCC(CC)CCOC(C)=O. The molecule has 0 heterocycles. The van der Waals surface area contributed by atoms with Gasteiger partial charge in [-0.05, 0) is 19.3 Å². The van der Waals surface area contributed by atoms with E-state index in [1.807, 2.05) is 6.92 Å². The molecule has 0 aromatic rings. The van der Waals surface area contributed by atoms with E-state index >= 15 is 0 Å². The Labute approximate surface area is 80.4 Å². The maximum atomic E-state index is 10.5. The van der Waals surface area contributed by atoms with Crippen LogP contribution >= 0.6 is 0 Å². The van der Waals surface area contributed by atoms with Crippen molar-refractivity contribution in [3.63, 3.8) is 0 Å². The quantitative estimate of drug-likeness (QED) is 0.573. The van der Waals surface area contributed by atoms with Gasteiger partial charge >= 0.3 is 5.97 Å². The largest absolute Gasteiger partial charge is 0.466 e. The van der Waals surface area contributed by atoms with Crippen LogP contribution in [0.1, 0.15) is 33.6 Å². The van der Waals surface area contributed by atoms with E-state index in [4.69, 9.17) is 9.47 Å². The molecule has 13 heavy (non-hydrogen) atoms. The molecule has 0 amide bonds. The predicted molar refractivity (Wildman–Crippen MR) is 51.5 cm³/mol. The third kappa shape index (κ3) is 7.78. The minimum Gasteiger partial charge on any atom is -0.466 e. The van der Waals surface area contributed by atoms with Gasteiger partial charge in [0.25, 0.3) is 0 Å². The van der Waals surface area contributed by atoms with Crippen LogP contribution in [0.3, 0.4) is 0 Å². The number of carbonyl (C=O) groups excluding carboxylic acids is 1. The average molecular weight is 188 g/mol. The van der Waals surface area contributed by atoms with Crippen LogP contribution in [-0.2, 0) is 14.3 Å². The van der Waals surface area contributed by atoms with Crippen LogP contribution in [0.2, 0.25) is 0 Å².